The number of pyridine rings is 1. The summed E-state index contributed by atoms with van der Waals surface area (Å²) in [6.07, 6.45) is 3.73. The number of aromatic nitrogens is 1. The Labute approximate surface area is 136 Å². The van der Waals surface area contributed by atoms with Gasteiger partial charge in [0.05, 0.1) is 12.0 Å². The summed E-state index contributed by atoms with van der Waals surface area (Å²) >= 11 is 0. The number of phenolic OH excluding ortho intramolecular Hbond substituents is 2. The fourth-order valence-corrected chi connectivity index (χ4v) is 2.60. The lowest BCUT2D eigenvalue weighted by atomic mass is 10.00. The number of aromatic hydroxyl groups is 2. The second-order valence-corrected chi connectivity index (χ2v) is 5.30. The normalized spacial score (nSPS) is 10.7. The maximum atomic E-state index is 10.8. The van der Waals surface area contributed by atoms with Crippen LogP contribution in [0.4, 0.5) is 5.69 Å². The summed E-state index contributed by atoms with van der Waals surface area (Å²) in [6, 6.07) is 7.52. The Bertz CT molecular complexity index is 940. The Kier molecular flexibility index (Phi) is 3.91. The first-order valence-corrected chi connectivity index (χ1v) is 7.09. The summed E-state index contributed by atoms with van der Waals surface area (Å²) < 4.78 is 5.13. The summed E-state index contributed by atoms with van der Waals surface area (Å²) in [5, 5.41) is 32.0. The fourth-order valence-electron chi connectivity index (χ4n) is 2.60. The lowest BCUT2D eigenvalue weighted by molar-refractivity contribution is -0.385. The Hall–Kier alpha value is -3.35. The van der Waals surface area contributed by atoms with Crippen molar-refractivity contribution in [2.45, 2.75) is 6.42 Å². The topological polar surface area (TPSA) is 106 Å². The highest BCUT2D eigenvalue weighted by Crippen LogP contribution is 2.33. The van der Waals surface area contributed by atoms with E-state index in [1.165, 1.54) is 19.2 Å². The first-order valence-electron chi connectivity index (χ1n) is 7.09. The van der Waals surface area contributed by atoms with E-state index in [9.17, 15) is 20.3 Å². The molecule has 0 unspecified atom stereocenters. The van der Waals surface area contributed by atoms with Gasteiger partial charge in [-0.15, -0.1) is 0 Å². The van der Waals surface area contributed by atoms with Crippen LogP contribution in [0, 0.1) is 10.1 Å². The number of hydrogen-bond acceptors (Lipinski definition) is 6. The zero-order valence-corrected chi connectivity index (χ0v) is 12.8. The molecule has 0 aliphatic rings. The summed E-state index contributed by atoms with van der Waals surface area (Å²) in [7, 11) is 1.47. The molecule has 1 heterocycles. The van der Waals surface area contributed by atoms with Gasteiger partial charge >= 0.3 is 5.69 Å². The third kappa shape index (κ3) is 2.79. The molecule has 0 fully saturated rings. The first-order chi connectivity index (χ1) is 11.5. The van der Waals surface area contributed by atoms with Crippen LogP contribution in [-0.4, -0.2) is 27.2 Å². The second-order valence-electron chi connectivity index (χ2n) is 5.30. The van der Waals surface area contributed by atoms with E-state index >= 15 is 0 Å². The lowest BCUT2D eigenvalue weighted by Crippen LogP contribution is -1.94. The smallest absolute Gasteiger partial charge is 0.310 e. The molecule has 122 valence electrons. The van der Waals surface area contributed by atoms with Crippen molar-refractivity contribution in [2.75, 3.05) is 7.11 Å². The van der Waals surface area contributed by atoms with Gasteiger partial charge in [-0.1, -0.05) is 6.07 Å². The molecule has 0 spiro atoms. The van der Waals surface area contributed by atoms with Gasteiger partial charge in [-0.2, -0.15) is 0 Å². The van der Waals surface area contributed by atoms with Gasteiger partial charge in [0, 0.05) is 23.8 Å². The van der Waals surface area contributed by atoms with Gasteiger partial charge in [-0.3, -0.25) is 15.1 Å². The van der Waals surface area contributed by atoms with Crippen LogP contribution in [-0.2, 0) is 6.42 Å². The maximum absolute atomic E-state index is 10.8. The van der Waals surface area contributed by atoms with Gasteiger partial charge in [0.1, 0.15) is 0 Å². The molecule has 0 saturated carbocycles. The number of methoxy groups -OCH3 is 1. The number of rotatable bonds is 4. The molecule has 0 aliphatic carbocycles. The van der Waals surface area contributed by atoms with Crippen LogP contribution in [0.1, 0.15) is 11.1 Å². The SMILES string of the molecule is COc1cc2c(Cc3ccc([N+](=O)[O-])c(O)c3)cncc2cc1O. The lowest BCUT2D eigenvalue weighted by Gasteiger charge is -2.10. The molecule has 1 aromatic heterocycles. The zero-order chi connectivity index (χ0) is 17.3. The molecule has 2 N–H and O–H groups in total. The molecular weight excluding hydrogens is 312 g/mol. The Morgan fingerprint density at radius 3 is 2.62 bits per heavy atom. The Morgan fingerprint density at radius 2 is 1.96 bits per heavy atom. The van der Waals surface area contributed by atoms with Crippen LogP contribution < -0.4 is 4.74 Å². The van der Waals surface area contributed by atoms with E-state index in [0.29, 0.717) is 17.7 Å². The largest absolute Gasteiger partial charge is 0.504 e. The molecule has 0 amide bonds. The number of ether oxygens (including phenoxy) is 1. The average Bonchev–Trinajstić information content (AvgIpc) is 2.54. The number of benzene rings is 2. The number of phenols is 2. The van der Waals surface area contributed by atoms with E-state index in [0.717, 1.165) is 16.3 Å². The zero-order valence-electron chi connectivity index (χ0n) is 12.8. The fraction of sp³-hybridized carbons (Fsp3) is 0.118. The van der Waals surface area contributed by atoms with E-state index in [2.05, 4.69) is 4.98 Å². The quantitative estimate of drug-likeness (QED) is 0.563. The molecule has 2 aromatic carbocycles. The van der Waals surface area contributed by atoms with Crippen LogP contribution in [0.25, 0.3) is 10.8 Å². The molecular formula is C17H14N2O5. The van der Waals surface area contributed by atoms with E-state index in [1.54, 1.807) is 30.6 Å². The monoisotopic (exact) mass is 326 g/mol. The van der Waals surface area contributed by atoms with E-state index in [-0.39, 0.29) is 17.2 Å². The minimum atomic E-state index is -0.633. The summed E-state index contributed by atoms with van der Waals surface area (Å²) in [5.74, 6) is -0.000604. The van der Waals surface area contributed by atoms with E-state index in [4.69, 9.17) is 4.74 Å². The van der Waals surface area contributed by atoms with Crippen LogP contribution >= 0.6 is 0 Å². The van der Waals surface area contributed by atoms with Crippen LogP contribution in [0.3, 0.4) is 0 Å². The van der Waals surface area contributed by atoms with Gasteiger partial charge in [0.25, 0.3) is 0 Å². The molecule has 7 heteroatoms. The molecule has 24 heavy (non-hydrogen) atoms. The maximum Gasteiger partial charge on any atom is 0.310 e. The van der Waals surface area contributed by atoms with E-state index in [1.807, 2.05) is 0 Å². The van der Waals surface area contributed by atoms with Crippen LogP contribution in [0.2, 0.25) is 0 Å². The molecule has 7 nitrogen and oxygen atoms in total. The Balaban J connectivity index is 2.04. The van der Waals surface area contributed by atoms with Crippen molar-refractivity contribution in [1.29, 1.82) is 0 Å². The number of nitro benzene ring substituents is 1. The van der Waals surface area contributed by atoms with Crippen LogP contribution in [0.15, 0.2) is 42.7 Å². The molecule has 0 aliphatic heterocycles. The molecule has 0 radical (unpaired) electrons. The minimum Gasteiger partial charge on any atom is -0.504 e. The van der Waals surface area contributed by atoms with Crippen molar-refractivity contribution in [3.8, 4) is 17.2 Å². The van der Waals surface area contributed by atoms with Gasteiger partial charge in [-0.25, -0.2) is 0 Å². The summed E-state index contributed by atoms with van der Waals surface area (Å²) in [5.41, 5.74) is 1.22. The predicted molar refractivity (Wildman–Crippen MR) is 87.5 cm³/mol. The van der Waals surface area contributed by atoms with Crippen LogP contribution in [0.5, 0.6) is 17.2 Å². The third-order valence-corrected chi connectivity index (χ3v) is 3.77. The standard InChI is InChI=1S/C17H14N2O5/c1-24-17-7-13-11(8-18-9-12(13)6-16(17)21)4-10-2-3-14(19(22)23)15(20)5-10/h2-3,5-9,20-21H,4H2,1H3. The highest BCUT2D eigenvalue weighted by Gasteiger charge is 2.14. The summed E-state index contributed by atoms with van der Waals surface area (Å²) in [4.78, 5) is 14.3. The van der Waals surface area contributed by atoms with Gasteiger partial charge < -0.3 is 14.9 Å². The van der Waals surface area contributed by atoms with Crippen molar-refractivity contribution in [3.05, 3.63) is 64.0 Å². The number of hydrogen-bond donors (Lipinski definition) is 2. The predicted octanol–water partition coefficient (Wildman–Crippen LogP) is 3.15. The van der Waals surface area contributed by atoms with Gasteiger partial charge in [0.15, 0.2) is 17.2 Å². The average molecular weight is 326 g/mol. The van der Waals surface area contributed by atoms with Crippen molar-refractivity contribution < 1.29 is 19.9 Å². The highest BCUT2D eigenvalue weighted by atomic mass is 16.6. The molecule has 0 saturated heterocycles. The number of nitro groups is 1. The van der Waals surface area contributed by atoms with Gasteiger partial charge in [0.2, 0.25) is 0 Å². The van der Waals surface area contributed by atoms with Crippen molar-refractivity contribution in [3.63, 3.8) is 0 Å². The van der Waals surface area contributed by atoms with Crippen molar-refractivity contribution >= 4 is 16.5 Å². The van der Waals surface area contributed by atoms with Crippen molar-refractivity contribution in [1.82, 2.24) is 4.98 Å². The molecule has 3 aromatic rings. The number of nitrogens with zero attached hydrogens (tertiary/aromatic N) is 2. The molecule has 0 bridgehead atoms. The molecule has 3 rings (SSSR count). The second kappa shape index (κ2) is 6.04. The highest BCUT2D eigenvalue weighted by molar-refractivity contribution is 5.88. The minimum absolute atomic E-state index is 0.0249. The van der Waals surface area contributed by atoms with Gasteiger partial charge in [-0.05, 0) is 41.1 Å². The third-order valence-electron chi connectivity index (χ3n) is 3.77. The summed E-state index contributed by atoms with van der Waals surface area (Å²) in [6.45, 7) is 0. The van der Waals surface area contributed by atoms with Crippen molar-refractivity contribution in [2.24, 2.45) is 0 Å². The van der Waals surface area contributed by atoms with E-state index < -0.39 is 4.92 Å². The Morgan fingerprint density at radius 1 is 1.17 bits per heavy atom. The number of fused-ring (bicyclic) bond motifs is 1. The molecule has 0 atom stereocenters. The first kappa shape index (κ1) is 15.5.